The van der Waals surface area contributed by atoms with E-state index in [0.29, 0.717) is 5.56 Å². The van der Waals surface area contributed by atoms with Crippen LogP contribution in [0.2, 0.25) is 0 Å². The van der Waals surface area contributed by atoms with Gasteiger partial charge in [-0.25, -0.2) is 17.5 Å². The number of rotatable bonds is 6. The molecule has 1 heterocycles. The highest BCUT2D eigenvalue weighted by Crippen LogP contribution is 2.31. The summed E-state index contributed by atoms with van der Waals surface area (Å²) in [6, 6.07) is 3.56. The number of halogens is 4. The van der Waals surface area contributed by atoms with Crippen LogP contribution in [0.3, 0.4) is 0 Å². The molecule has 0 spiro atoms. The normalized spacial score (nSPS) is 15.5. The van der Waals surface area contributed by atoms with E-state index in [9.17, 15) is 26.0 Å². The van der Waals surface area contributed by atoms with Crippen molar-refractivity contribution < 1.29 is 30.5 Å². The standard InChI is InChI=1S/C14H13F4N3O3S/c15-11-5-9(6-19-25(22,23)7-8-1-2-8)3-4-10(11)12-20-13(24-21-12)14(16,17)18/h3-5,8,19H,1-2,6-7H2. The van der Waals surface area contributed by atoms with Gasteiger partial charge in [0.05, 0.1) is 11.3 Å². The second-order valence-electron chi connectivity index (χ2n) is 5.78. The highest BCUT2D eigenvalue weighted by Gasteiger charge is 2.38. The summed E-state index contributed by atoms with van der Waals surface area (Å²) < 4.78 is 81.4. The minimum atomic E-state index is -4.82. The maximum Gasteiger partial charge on any atom is 0.471 e. The molecule has 0 unspecified atom stereocenters. The molecule has 11 heteroatoms. The van der Waals surface area contributed by atoms with E-state index in [4.69, 9.17) is 0 Å². The van der Waals surface area contributed by atoms with Gasteiger partial charge >= 0.3 is 12.1 Å². The summed E-state index contributed by atoms with van der Waals surface area (Å²) in [5, 5.41) is 3.11. The first-order chi connectivity index (χ1) is 11.6. The molecule has 1 N–H and O–H groups in total. The summed E-state index contributed by atoms with van der Waals surface area (Å²) in [5.41, 5.74) is 0.0454. The monoisotopic (exact) mass is 379 g/mol. The van der Waals surface area contributed by atoms with Crippen LogP contribution in [0.1, 0.15) is 24.3 Å². The molecule has 3 rings (SSSR count). The van der Waals surface area contributed by atoms with Crippen molar-refractivity contribution in [3.8, 4) is 11.4 Å². The van der Waals surface area contributed by atoms with Crippen LogP contribution < -0.4 is 4.72 Å². The van der Waals surface area contributed by atoms with Gasteiger partial charge in [0.25, 0.3) is 0 Å². The van der Waals surface area contributed by atoms with Crippen molar-refractivity contribution in [1.82, 2.24) is 14.9 Å². The van der Waals surface area contributed by atoms with E-state index < -0.39 is 33.7 Å². The third kappa shape index (κ3) is 4.54. The van der Waals surface area contributed by atoms with E-state index in [1.807, 2.05) is 0 Å². The van der Waals surface area contributed by atoms with Crippen LogP contribution in [0.4, 0.5) is 17.6 Å². The first-order valence-electron chi connectivity index (χ1n) is 7.31. The lowest BCUT2D eigenvalue weighted by Gasteiger charge is -2.07. The zero-order chi connectivity index (χ0) is 18.2. The highest BCUT2D eigenvalue weighted by molar-refractivity contribution is 7.89. The molecule has 6 nitrogen and oxygen atoms in total. The van der Waals surface area contributed by atoms with Crippen molar-refractivity contribution in [2.24, 2.45) is 5.92 Å². The minimum Gasteiger partial charge on any atom is -0.329 e. The predicted octanol–water partition coefficient (Wildman–Crippen LogP) is 2.72. The second-order valence-corrected chi connectivity index (χ2v) is 7.63. The van der Waals surface area contributed by atoms with Gasteiger partial charge in [-0.05, 0) is 36.5 Å². The van der Waals surface area contributed by atoms with Gasteiger partial charge in [0.1, 0.15) is 5.82 Å². The first kappa shape index (κ1) is 17.8. The Morgan fingerprint density at radius 3 is 2.56 bits per heavy atom. The Morgan fingerprint density at radius 2 is 2.00 bits per heavy atom. The van der Waals surface area contributed by atoms with Crippen molar-refractivity contribution >= 4 is 10.0 Å². The molecule has 0 aliphatic heterocycles. The molecular weight excluding hydrogens is 366 g/mol. The van der Waals surface area contributed by atoms with Crippen LogP contribution in [-0.4, -0.2) is 24.3 Å². The molecular formula is C14H13F4N3O3S. The van der Waals surface area contributed by atoms with Gasteiger partial charge in [-0.3, -0.25) is 0 Å². The van der Waals surface area contributed by atoms with Crippen LogP contribution in [-0.2, 0) is 22.7 Å². The van der Waals surface area contributed by atoms with E-state index in [2.05, 4.69) is 19.4 Å². The fourth-order valence-electron chi connectivity index (χ4n) is 2.14. The zero-order valence-corrected chi connectivity index (χ0v) is 13.5. The van der Waals surface area contributed by atoms with E-state index in [1.165, 1.54) is 12.1 Å². The topological polar surface area (TPSA) is 85.1 Å². The van der Waals surface area contributed by atoms with Gasteiger partial charge in [0, 0.05) is 6.54 Å². The van der Waals surface area contributed by atoms with Crippen LogP contribution in [0.15, 0.2) is 22.7 Å². The number of sulfonamides is 1. The number of benzene rings is 1. The Morgan fingerprint density at radius 1 is 1.28 bits per heavy atom. The molecule has 0 bridgehead atoms. The van der Waals surface area contributed by atoms with Crippen molar-refractivity contribution in [3.63, 3.8) is 0 Å². The largest absolute Gasteiger partial charge is 0.471 e. The molecule has 1 aliphatic carbocycles. The first-order valence-corrected chi connectivity index (χ1v) is 8.96. The van der Waals surface area contributed by atoms with Crippen molar-refractivity contribution in [2.75, 3.05) is 5.75 Å². The molecule has 0 amide bonds. The number of hydrogen-bond acceptors (Lipinski definition) is 5. The maximum atomic E-state index is 14.1. The van der Waals surface area contributed by atoms with E-state index >= 15 is 0 Å². The fraction of sp³-hybridized carbons (Fsp3) is 0.429. The van der Waals surface area contributed by atoms with Crippen molar-refractivity contribution in [3.05, 3.63) is 35.5 Å². The summed E-state index contributed by atoms with van der Waals surface area (Å²) in [7, 11) is -3.44. The Kier molecular flexibility index (Phi) is 4.54. The van der Waals surface area contributed by atoms with Gasteiger partial charge in [-0.2, -0.15) is 18.2 Å². The summed E-state index contributed by atoms with van der Waals surface area (Å²) in [6.07, 6.45) is -3.05. The third-order valence-electron chi connectivity index (χ3n) is 3.59. The number of nitrogens with zero attached hydrogens (tertiary/aromatic N) is 2. The Balaban J connectivity index is 1.71. The number of aromatic nitrogens is 2. The number of alkyl halides is 3. The molecule has 0 saturated heterocycles. The molecule has 25 heavy (non-hydrogen) atoms. The third-order valence-corrected chi connectivity index (χ3v) is 5.09. The summed E-state index contributed by atoms with van der Waals surface area (Å²) in [4.78, 5) is 3.11. The smallest absolute Gasteiger partial charge is 0.329 e. The van der Waals surface area contributed by atoms with Crippen molar-refractivity contribution in [2.45, 2.75) is 25.6 Å². The number of hydrogen-bond donors (Lipinski definition) is 1. The molecule has 2 aromatic rings. The number of nitrogens with one attached hydrogen (secondary N) is 1. The van der Waals surface area contributed by atoms with Gasteiger partial charge in [-0.1, -0.05) is 11.2 Å². The molecule has 0 atom stereocenters. The molecule has 1 aliphatic rings. The lowest BCUT2D eigenvalue weighted by molar-refractivity contribution is -0.159. The quantitative estimate of drug-likeness (QED) is 0.780. The average Bonchev–Trinajstić information content (AvgIpc) is 3.14. The Hall–Kier alpha value is -2.01. The zero-order valence-electron chi connectivity index (χ0n) is 12.7. The second kappa shape index (κ2) is 6.37. The maximum absolute atomic E-state index is 14.1. The lowest BCUT2D eigenvalue weighted by atomic mass is 10.1. The van der Waals surface area contributed by atoms with Gasteiger partial charge < -0.3 is 4.52 Å². The molecule has 1 aromatic heterocycles. The van der Waals surface area contributed by atoms with Gasteiger partial charge in [0.2, 0.25) is 15.8 Å². The van der Waals surface area contributed by atoms with Crippen LogP contribution >= 0.6 is 0 Å². The summed E-state index contributed by atoms with van der Waals surface area (Å²) in [6.45, 7) is -0.119. The molecule has 1 aromatic carbocycles. The van der Waals surface area contributed by atoms with E-state index in [0.717, 1.165) is 18.9 Å². The SMILES string of the molecule is O=S(=O)(CC1CC1)NCc1ccc(-c2noc(C(F)(F)F)n2)c(F)c1. The van der Waals surface area contributed by atoms with Crippen LogP contribution in [0.25, 0.3) is 11.4 Å². The Bertz CT molecular complexity index is 876. The van der Waals surface area contributed by atoms with E-state index in [1.54, 1.807) is 0 Å². The molecule has 136 valence electrons. The lowest BCUT2D eigenvalue weighted by Crippen LogP contribution is -2.26. The predicted molar refractivity (Wildman–Crippen MR) is 78.0 cm³/mol. The van der Waals surface area contributed by atoms with Crippen molar-refractivity contribution in [1.29, 1.82) is 0 Å². The summed E-state index contributed by atoms with van der Waals surface area (Å²) >= 11 is 0. The molecule has 0 radical (unpaired) electrons. The molecule has 1 fully saturated rings. The van der Waals surface area contributed by atoms with Gasteiger partial charge in [0.15, 0.2) is 0 Å². The van der Waals surface area contributed by atoms with Crippen LogP contribution in [0.5, 0.6) is 0 Å². The molecule has 1 saturated carbocycles. The van der Waals surface area contributed by atoms with E-state index in [-0.39, 0.29) is 23.8 Å². The minimum absolute atomic E-state index is 0.0383. The average molecular weight is 379 g/mol. The highest BCUT2D eigenvalue weighted by atomic mass is 32.2. The van der Waals surface area contributed by atoms with Gasteiger partial charge in [-0.15, -0.1) is 0 Å². The Labute approximate surface area is 140 Å². The summed E-state index contributed by atoms with van der Waals surface area (Å²) in [5.74, 6) is -2.77. The van der Waals surface area contributed by atoms with Crippen LogP contribution in [0, 0.1) is 11.7 Å². The fourth-order valence-corrected chi connectivity index (χ4v) is 3.60.